The van der Waals surface area contributed by atoms with E-state index in [9.17, 15) is 14.9 Å². The van der Waals surface area contributed by atoms with Gasteiger partial charge < -0.3 is 10.1 Å². The van der Waals surface area contributed by atoms with Crippen molar-refractivity contribution < 1.29 is 14.5 Å². The van der Waals surface area contributed by atoms with Gasteiger partial charge in [-0.2, -0.15) is 4.68 Å². The van der Waals surface area contributed by atoms with Crippen molar-refractivity contribution in [3.05, 3.63) is 69.0 Å². The van der Waals surface area contributed by atoms with E-state index in [2.05, 4.69) is 20.8 Å². The van der Waals surface area contributed by atoms with Crippen LogP contribution in [0.2, 0.25) is 5.02 Å². The number of tetrazole rings is 1. The number of rotatable bonds is 6. The second kappa shape index (κ2) is 7.79. The number of methoxy groups -OCH3 is 1. The molecule has 0 aliphatic carbocycles. The Labute approximate surface area is 157 Å². The van der Waals surface area contributed by atoms with Crippen molar-refractivity contribution >= 4 is 23.2 Å². The number of nitrogens with one attached hydrogen (secondary N) is 1. The van der Waals surface area contributed by atoms with Gasteiger partial charge in [-0.05, 0) is 46.8 Å². The SMILES string of the molecule is COc1ccc(-n2nnnc2CNC(=O)c2cc(Cl)ccc2[N+](=O)[O-])cc1. The topological polar surface area (TPSA) is 125 Å². The average Bonchev–Trinajstić information content (AvgIpc) is 3.14. The second-order valence-corrected chi connectivity index (χ2v) is 5.74. The molecular weight excluding hydrogens is 376 g/mol. The predicted molar refractivity (Wildman–Crippen MR) is 95.0 cm³/mol. The first-order chi connectivity index (χ1) is 13.0. The fourth-order valence-electron chi connectivity index (χ4n) is 2.34. The Morgan fingerprint density at radius 3 is 2.70 bits per heavy atom. The van der Waals surface area contributed by atoms with Gasteiger partial charge in [0, 0.05) is 11.1 Å². The van der Waals surface area contributed by atoms with Gasteiger partial charge in [-0.15, -0.1) is 5.10 Å². The molecule has 0 bridgehead atoms. The number of nitro groups is 1. The smallest absolute Gasteiger partial charge is 0.282 e. The van der Waals surface area contributed by atoms with Crippen molar-refractivity contribution in [3.63, 3.8) is 0 Å². The number of carbonyl (C=O) groups excluding carboxylic acids is 1. The minimum atomic E-state index is -0.659. The van der Waals surface area contributed by atoms with Crippen molar-refractivity contribution in [2.24, 2.45) is 0 Å². The zero-order valence-corrected chi connectivity index (χ0v) is 14.8. The van der Waals surface area contributed by atoms with E-state index >= 15 is 0 Å². The lowest BCUT2D eigenvalue weighted by atomic mass is 10.1. The molecule has 0 spiro atoms. The molecule has 0 radical (unpaired) electrons. The maximum absolute atomic E-state index is 12.4. The summed E-state index contributed by atoms with van der Waals surface area (Å²) in [4.78, 5) is 22.8. The minimum Gasteiger partial charge on any atom is -0.497 e. The van der Waals surface area contributed by atoms with Gasteiger partial charge >= 0.3 is 0 Å². The quantitative estimate of drug-likeness (QED) is 0.506. The number of hydrogen-bond donors (Lipinski definition) is 1. The summed E-state index contributed by atoms with van der Waals surface area (Å²) in [5.41, 5.74) is 0.182. The molecule has 0 atom stereocenters. The van der Waals surface area contributed by atoms with E-state index in [0.29, 0.717) is 17.3 Å². The Kier molecular flexibility index (Phi) is 5.27. The molecule has 11 heteroatoms. The van der Waals surface area contributed by atoms with Crippen molar-refractivity contribution in [1.29, 1.82) is 0 Å². The van der Waals surface area contributed by atoms with Crippen LogP contribution in [0.4, 0.5) is 5.69 Å². The molecule has 0 saturated carbocycles. The highest BCUT2D eigenvalue weighted by Crippen LogP contribution is 2.22. The Hall–Kier alpha value is -3.53. The molecule has 10 nitrogen and oxygen atoms in total. The number of halogens is 1. The van der Waals surface area contributed by atoms with Crippen molar-refractivity contribution in [1.82, 2.24) is 25.5 Å². The predicted octanol–water partition coefficient (Wildman–Crippen LogP) is 2.16. The number of aromatic nitrogens is 4. The van der Waals surface area contributed by atoms with Crippen molar-refractivity contribution in [2.75, 3.05) is 7.11 Å². The van der Waals surface area contributed by atoms with E-state index in [-0.39, 0.29) is 22.8 Å². The monoisotopic (exact) mass is 388 g/mol. The highest BCUT2D eigenvalue weighted by molar-refractivity contribution is 6.31. The molecule has 1 aromatic heterocycles. The lowest BCUT2D eigenvalue weighted by Crippen LogP contribution is -2.25. The van der Waals surface area contributed by atoms with E-state index < -0.39 is 10.8 Å². The first-order valence-corrected chi connectivity index (χ1v) is 8.01. The molecule has 2 aromatic carbocycles. The molecule has 0 saturated heterocycles. The van der Waals surface area contributed by atoms with Crippen LogP contribution in [-0.2, 0) is 6.54 Å². The number of nitrogens with zero attached hydrogens (tertiary/aromatic N) is 5. The van der Waals surface area contributed by atoms with E-state index in [0.717, 1.165) is 0 Å². The number of carbonyl (C=O) groups is 1. The molecular formula is C16H13ClN6O4. The zero-order valence-electron chi connectivity index (χ0n) is 14.0. The largest absolute Gasteiger partial charge is 0.497 e. The normalized spacial score (nSPS) is 10.4. The minimum absolute atomic E-state index is 0.0401. The van der Waals surface area contributed by atoms with E-state index in [1.165, 1.54) is 22.9 Å². The van der Waals surface area contributed by atoms with Crippen molar-refractivity contribution in [2.45, 2.75) is 6.54 Å². The van der Waals surface area contributed by atoms with Crippen LogP contribution in [0, 0.1) is 10.1 Å². The molecule has 3 aromatic rings. The fourth-order valence-corrected chi connectivity index (χ4v) is 2.52. The third kappa shape index (κ3) is 4.01. The van der Waals surface area contributed by atoms with Gasteiger partial charge in [0.2, 0.25) is 0 Å². The summed E-state index contributed by atoms with van der Waals surface area (Å²) < 4.78 is 6.54. The molecule has 0 aliphatic heterocycles. The molecule has 1 amide bonds. The Balaban J connectivity index is 1.78. The lowest BCUT2D eigenvalue weighted by molar-refractivity contribution is -0.385. The summed E-state index contributed by atoms with van der Waals surface area (Å²) in [5, 5.41) is 25.2. The van der Waals surface area contributed by atoms with Crippen LogP contribution in [0.5, 0.6) is 5.75 Å². The van der Waals surface area contributed by atoms with Crippen LogP contribution in [0.15, 0.2) is 42.5 Å². The second-order valence-electron chi connectivity index (χ2n) is 5.31. The number of hydrogen-bond acceptors (Lipinski definition) is 7. The third-order valence-corrected chi connectivity index (χ3v) is 3.89. The zero-order chi connectivity index (χ0) is 19.4. The Morgan fingerprint density at radius 2 is 2.04 bits per heavy atom. The van der Waals surface area contributed by atoms with Gasteiger partial charge in [-0.25, -0.2) is 0 Å². The van der Waals surface area contributed by atoms with E-state index in [1.54, 1.807) is 31.4 Å². The maximum Gasteiger partial charge on any atom is 0.282 e. The molecule has 27 heavy (non-hydrogen) atoms. The summed E-state index contributed by atoms with van der Waals surface area (Å²) in [6.45, 7) is -0.0401. The summed E-state index contributed by atoms with van der Waals surface area (Å²) in [7, 11) is 1.56. The Bertz CT molecular complexity index is 989. The van der Waals surface area contributed by atoms with Crippen LogP contribution in [0.25, 0.3) is 5.69 Å². The number of ether oxygens (including phenoxy) is 1. The van der Waals surface area contributed by atoms with Gasteiger partial charge in [0.05, 0.1) is 24.3 Å². The molecule has 0 aliphatic rings. The molecule has 1 N–H and O–H groups in total. The van der Waals surface area contributed by atoms with Gasteiger partial charge in [-0.1, -0.05) is 11.6 Å². The Morgan fingerprint density at radius 1 is 1.30 bits per heavy atom. The standard InChI is InChI=1S/C16H13ClN6O4/c1-27-12-5-3-11(4-6-12)22-15(19-20-21-22)9-18-16(24)13-8-10(17)2-7-14(13)23(25)26/h2-8H,9H2,1H3,(H,18,24). The van der Waals surface area contributed by atoms with Crippen LogP contribution in [-0.4, -0.2) is 38.1 Å². The molecule has 1 heterocycles. The average molecular weight is 389 g/mol. The summed E-state index contributed by atoms with van der Waals surface area (Å²) in [6.07, 6.45) is 0. The number of nitro benzene ring substituents is 1. The van der Waals surface area contributed by atoms with Gasteiger partial charge in [0.15, 0.2) is 5.82 Å². The van der Waals surface area contributed by atoms with Gasteiger partial charge in [0.25, 0.3) is 11.6 Å². The molecule has 3 rings (SSSR count). The first kappa shape index (κ1) is 18.3. The van der Waals surface area contributed by atoms with Crippen LogP contribution in [0.3, 0.4) is 0 Å². The van der Waals surface area contributed by atoms with Gasteiger partial charge in [-0.3, -0.25) is 14.9 Å². The molecule has 138 valence electrons. The lowest BCUT2D eigenvalue weighted by Gasteiger charge is -2.08. The van der Waals surface area contributed by atoms with E-state index in [4.69, 9.17) is 16.3 Å². The molecule has 0 unspecified atom stereocenters. The van der Waals surface area contributed by atoms with Crippen LogP contribution < -0.4 is 10.1 Å². The summed E-state index contributed by atoms with van der Waals surface area (Å²) in [6, 6.07) is 10.8. The summed E-state index contributed by atoms with van der Waals surface area (Å²) >= 11 is 5.85. The van der Waals surface area contributed by atoms with Crippen LogP contribution >= 0.6 is 11.6 Å². The highest BCUT2D eigenvalue weighted by atomic mass is 35.5. The third-order valence-electron chi connectivity index (χ3n) is 3.66. The summed E-state index contributed by atoms with van der Waals surface area (Å²) in [5.74, 6) is 0.363. The van der Waals surface area contributed by atoms with Crippen molar-refractivity contribution in [3.8, 4) is 11.4 Å². The van der Waals surface area contributed by atoms with Gasteiger partial charge in [0.1, 0.15) is 11.3 Å². The molecule has 0 fully saturated rings. The van der Waals surface area contributed by atoms with E-state index in [1.807, 2.05) is 0 Å². The fraction of sp³-hybridized carbons (Fsp3) is 0.125. The first-order valence-electron chi connectivity index (χ1n) is 7.63. The maximum atomic E-state index is 12.4. The number of benzene rings is 2. The number of amides is 1. The highest BCUT2D eigenvalue weighted by Gasteiger charge is 2.21. The van der Waals surface area contributed by atoms with Crippen LogP contribution in [0.1, 0.15) is 16.2 Å².